The molecule has 0 saturated carbocycles. The minimum atomic E-state index is -0.243. The Labute approximate surface area is 107 Å². The zero-order valence-electron chi connectivity index (χ0n) is 9.17. The van der Waals surface area contributed by atoms with Gasteiger partial charge in [0, 0.05) is 22.9 Å². The molecule has 4 nitrogen and oxygen atoms in total. The van der Waals surface area contributed by atoms with Crippen molar-refractivity contribution in [3.63, 3.8) is 0 Å². The van der Waals surface area contributed by atoms with Gasteiger partial charge in [0.2, 0.25) is 0 Å². The molecule has 0 bridgehead atoms. The van der Waals surface area contributed by atoms with E-state index < -0.39 is 0 Å². The Balaban J connectivity index is 2.12. The van der Waals surface area contributed by atoms with Crippen molar-refractivity contribution in [2.24, 2.45) is 0 Å². The second-order valence-electron chi connectivity index (χ2n) is 4.25. The van der Waals surface area contributed by atoms with E-state index in [0.717, 1.165) is 34.2 Å². The summed E-state index contributed by atoms with van der Waals surface area (Å²) in [6, 6.07) is 5.96. The van der Waals surface area contributed by atoms with Gasteiger partial charge in [0.15, 0.2) is 0 Å². The van der Waals surface area contributed by atoms with Gasteiger partial charge in [-0.1, -0.05) is 15.9 Å². The molecule has 2 heterocycles. The van der Waals surface area contributed by atoms with Crippen LogP contribution >= 0.6 is 15.9 Å². The van der Waals surface area contributed by atoms with E-state index in [4.69, 9.17) is 0 Å². The number of hydrogen-bond acceptors (Lipinski definition) is 4. The van der Waals surface area contributed by atoms with Gasteiger partial charge < -0.3 is 10.0 Å². The van der Waals surface area contributed by atoms with Crippen LogP contribution in [0.25, 0.3) is 10.9 Å². The van der Waals surface area contributed by atoms with Crippen molar-refractivity contribution >= 4 is 32.7 Å². The van der Waals surface area contributed by atoms with Crippen LogP contribution in [0, 0.1) is 0 Å². The fraction of sp³-hybridized carbons (Fsp3) is 0.333. The van der Waals surface area contributed by atoms with Crippen molar-refractivity contribution < 1.29 is 5.11 Å². The van der Waals surface area contributed by atoms with Crippen molar-refractivity contribution in [1.82, 2.24) is 9.97 Å². The summed E-state index contributed by atoms with van der Waals surface area (Å²) in [7, 11) is 0. The number of aliphatic hydroxyl groups excluding tert-OH is 1. The van der Waals surface area contributed by atoms with Crippen molar-refractivity contribution in [1.29, 1.82) is 0 Å². The maximum absolute atomic E-state index is 9.59. The van der Waals surface area contributed by atoms with Crippen LogP contribution < -0.4 is 4.90 Å². The van der Waals surface area contributed by atoms with Crippen LogP contribution in [0.15, 0.2) is 29.0 Å². The zero-order valence-corrected chi connectivity index (χ0v) is 10.8. The topological polar surface area (TPSA) is 49.2 Å². The Hall–Kier alpha value is -1.20. The lowest BCUT2D eigenvalue weighted by Crippen LogP contribution is -2.22. The largest absolute Gasteiger partial charge is 0.391 e. The summed E-state index contributed by atoms with van der Waals surface area (Å²) in [5, 5.41) is 10.6. The number of aromatic nitrogens is 2. The van der Waals surface area contributed by atoms with E-state index in [1.165, 1.54) is 0 Å². The number of aliphatic hydroxyl groups is 1. The maximum Gasteiger partial charge on any atom is 0.140 e. The second-order valence-corrected chi connectivity index (χ2v) is 5.16. The molecule has 1 atom stereocenters. The number of rotatable bonds is 1. The number of fused-ring (bicyclic) bond motifs is 1. The molecule has 88 valence electrons. The highest BCUT2D eigenvalue weighted by molar-refractivity contribution is 9.10. The molecule has 1 N–H and O–H groups in total. The number of halogens is 1. The first-order valence-electron chi connectivity index (χ1n) is 5.57. The lowest BCUT2D eigenvalue weighted by molar-refractivity contribution is 0.198. The van der Waals surface area contributed by atoms with Crippen molar-refractivity contribution in [2.45, 2.75) is 12.5 Å². The van der Waals surface area contributed by atoms with E-state index in [1.807, 2.05) is 18.2 Å². The van der Waals surface area contributed by atoms with Crippen molar-refractivity contribution in [2.75, 3.05) is 18.0 Å². The molecule has 1 aromatic carbocycles. The Morgan fingerprint density at radius 3 is 3.00 bits per heavy atom. The number of nitrogens with zero attached hydrogens (tertiary/aromatic N) is 3. The minimum absolute atomic E-state index is 0.243. The highest BCUT2D eigenvalue weighted by atomic mass is 79.9. The third-order valence-corrected chi connectivity index (χ3v) is 3.53. The van der Waals surface area contributed by atoms with Gasteiger partial charge in [-0.2, -0.15) is 0 Å². The highest BCUT2D eigenvalue weighted by Gasteiger charge is 2.22. The first-order chi connectivity index (χ1) is 8.24. The van der Waals surface area contributed by atoms with Crippen LogP contribution in [0.1, 0.15) is 6.42 Å². The average Bonchev–Trinajstić information content (AvgIpc) is 2.75. The summed E-state index contributed by atoms with van der Waals surface area (Å²) in [5.41, 5.74) is 0.930. The number of hydrogen-bond donors (Lipinski definition) is 1. The summed E-state index contributed by atoms with van der Waals surface area (Å²) < 4.78 is 1.01. The lowest BCUT2D eigenvalue weighted by Gasteiger charge is -2.18. The first kappa shape index (κ1) is 10.9. The summed E-state index contributed by atoms with van der Waals surface area (Å²) >= 11 is 3.46. The Bertz CT molecular complexity index is 560. The predicted molar refractivity (Wildman–Crippen MR) is 70.1 cm³/mol. The molecule has 1 saturated heterocycles. The van der Waals surface area contributed by atoms with Crippen molar-refractivity contribution in [3.8, 4) is 0 Å². The molecule has 0 aliphatic carbocycles. The zero-order chi connectivity index (χ0) is 11.8. The van der Waals surface area contributed by atoms with E-state index in [2.05, 4.69) is 30.8 Å². The van der Waals surface area contributed by atoms with E-state index in [9.17, 15) is 5.11 Å². The monoisotopic (exact) mass is 293 g/mol. The number of β-amino-alcohol motifs (C(OH)–C–C–N with tert-alkyl or cyclic N) is 1. The fourth-order valence-corrected chi connectivity index (χ4v) is 2.56. The minimum Gasteiger partial charge on any atom is -0.391 e. The molecule has 2 aromatic rings. The molecule has 0 amide bonds. The standard InChI is InChI=1S/C12H12BrN3O/c13-8-1-2-11-10(5-8)12(15-7-14-11)16-4-3-9(17)6-16/h1-2,5,7,9,17H,3-4,6H2. The molecule has 1 aliphatic rings. The van der Waals surface area contributed by atoms with Crippen LogP contribution in [0.3, 0.4) is 0 Å². The normalized spacial score (nSPS) is 20.1. The van der Waals surface area contributed by atoms with Crippen LogP contribution in [-0.4, -0.2) is 34.3 Å². The highest BCUT2D eigenvalue weighted by Crippen LogP contribution is 2.28. The Kier molecular flexibility index (Phi) is 2.72. The van der Waals surface area contributed by atoms with Gasteiger partial charge in [-0.05, 0) is 24.6 Å². The molecule has 1 aromatic heterocycles. The van der Waals surface area contributed by atoms with Crippen LogP contribution in [0.5, 0.6) is 0 Å². The smallest absolute Gasteiger partial charge is 0.140 e. The lowest BCUT2D eigenvalue weighted by atomic mass is 10.2. The predicted octanol–water partition coefficient (Wildman–Crippen LogP) is 1.96. The van der Waals surface area contributed by atoms with Gasteiger partial charge in [-0.25, -0.2) is 9.97 Å². The molecule has 5 heteroatoms. The van der Waals surface area contributed by atoms with Gasteiger partial charge in [0.05, 0.1) is 11.6 Å². The van der Waals surface area contributed by atoms with Gasteiger partial charge >= 0.3 is 0 Å². The van der Waals surface area contributed by atoms with E-state index in [0.29, 0.717) is 6.54 Å². The summed E-state index contributed by atoms with van der Waals surface area (Å²) in [4.78, 5) is 10.7. The second kappa shape index (κ2) is 4.23. The molecular formula is C12H12BrN3O. The summed E-state index contributed by atoms with van der Waals surface area (Å²) in [5.74, 6) is 0.910. The van der Waals surface area contributed by atoms with Crippen LogP contribution in [0.4, 0.5) is 5.82 Å². The van der Waals surface area contributed by atoms with Crippen LogP contribution in [-0.2, 0) is 0 Å². The van der Waals surface area contributed by atoms with E-state index in [1.54, 1.807) is 6.33 Å². The fourth-order valence-electron chi connectivity index (χ4n) is 2.20. The molecular weight excluding hydrogens is 282 g/mol. The third-order valence-electron chi connectivity index (χ3n) is 3.04. The number of benzene rings is 1. The van der Waals surface area contributed by atoms with Crippen LogP contribution in [0.2, 0.25) is 0 Å². The maximum atomic E-state index is 9.59. The van der Waals surface area contributed by atoms with Gasteiger partial charge in [0.25, 0.3) is 0 Å². The molecule has 3 rings (SSSR count). The molecule has 0 spiro atoms. The average molecular weight is 294 g/mol. The Morgan fingerprint density at radius 2 is 2.24 bits per heavy atom. The quantitative estimate of drug-likeness (QED) is 0.873. The Morgan fingerprint density at radius 1 is 1.35 bits per heavy atom. The third kappa shape index (κ3) is 2.00. The van der Waals surface area contributed by atoms with Gasteiger partial charge in [-0.3, -0.25) is 0 Å². The van der Waals surface area contributed by atoms with E-state index >= 15 is 0 Å². The molecule has 1 aliphatic heterocycles. The molecule has 17 heavy (non-hydrogen) atoms. The number of anilines is 1. The van der Waals surface area contributed by atoms with Crippen molar-refractivity contribution in [3.05, 3.63) is 29.0 Å². The van der Waals surface area contributed by atoms with Gasteiger partial charge in [0.1, 0.15) is 12.1 Å². The summed E-state index contributed by atoms with van der Waals surface area (Å²) in [6.07, 6.45) is 2.14. The first-order valence-corrected chi connectivity index (χ1v) is 6.36. The SMILES string of the molecule is OC1CCN(c2ncnc3ccc(Br)cc23)C1. The van der Waals surface area contributed by atoms with E-state index in [-0.39, 0.29) is 6.10 Å². The molecule has 1 unspecified atom stereocenters. The summed E-state index contributed by atoms with van der Waals surface area (Å²) in [6.45, 7) is 1.50. The van der Waals surface area contributed by atoms with Gasteiger partial charge in [-0.15, -0.1) is 0 Å². The molecule has 0 radical (unpaired) electrons. The molecule has 1 fully saturated rings.